The first kappa shape index (κ1) is 11.0. The van der Waals surface area contributed by atoms with Crippen LogP contribution in [0.15, 0.2) is 47.7 Å². The van der Waals surface area contributed by atoms with Gasteiger partial charge in [-0.25, -0.2) is 4.79 Å². The Labute approximate surface area is 98.6 Å². The largest absolute Gasteiger partial charge is 0.497 e. The van der Waals surface area contributed by atoms with Gasteiger partial charge in [-0.1, -0.05) is 12.1 Å². The van der Waals surface area contributed by atoms with Crippen LogP contribution >= 0.6 is 0 Å². The second-order valence-corrected chi connectivity index (χ2v) is 3.32. The maximum Gasteiger partial charge on any atom is 0.240 e. The van der Waals surface area contributed by atoms with Crippen molar-refractivity contribution in [3.05, 3.63) is 42.7 Å². The summed E-state index contributed by atoms with van der Waals surface area (Å²) in [5.74, 6) is 0.781. The number of benzene rings is 1. The van der Waals surface area contributed by atoms with Crippen LogP contribution in [0.25, 0.3) is 11.1 Å². The summed E-state index contributed by atoms with van der Waals surface area (Å²) < 4.78 is 5.08. The molecule has 0 aliphatic heterocycles. The highest BCUT2D eigenvalue weighted by Crippen LogP contribution is 2.29. The van der Waals surface area contributed by atoms with Gasteiger partial charge in [0.1, 0.15) is 11.4 Å². The van der Waals surface area contributed by atoms with Gasteiger partial charge >= 0.3 is 0 Å². The van der Waals surface area contributed by atoms with Gasteiger partial charge in [0.05, 0.1) is 13.3 Å². The molecule has 0 atom stereocenters. The van der Waals surface area contributed by atoms with Crippen molar-refractivity contribution >= 4 is 11.8 Å². The van der Waals surface area contributed by atoms with E-state index in [1.807, 2.05) is 24.3 Å². The number of hydrogen-bond donors (Lipinski definition) is 0. The zero-order valence-corrected chi connectivity index (χ0v) is 9.25. The molecule has 0 fully saturated rings. The predicted molar refractivity (Wildman–Crippen MR) is 64.0 cm³/mol. The number of methoxy groups -OCH3 is 1. The monoisotopic (exact) mass is 226 g/mol. The molecule has 0 bridgehead atoms. The third-order valence-corrected chi connectivity index (χ3v) is 2.37. The Kier molecular flexibility index (Phi) is 3.28. The van der Waals surface area contributed by atoms with E-state index in [1.165, 1.54) is 12.3 Å². The summed E-state index contributed by atoms with van der Waals surface area (Å²) in [7, 11) is 1.61. The van der Waals surface area contributed by atoms with Crippen molar-refractivity contribution in [2.24, 2.45) is 4.99 Å². The third kappa shape index (κ3) is 2.38. The second-order valence-electron chi connectivity index (χ2n) is 3.32. The Morgan fingerprint density at radius 1 is 1.24 bits per heavy atom. The number of rotatable bonds is 3. The highest BCUT2D eigenvalue weighted by molar-refractivity contribution is 5.76. The minimum atomic E-state index is 0.507. The minimum absolute atomic E-state index is 0.507. The van der Waals surface area contributed by atoms with E-state index in [9.17, 15) is 4.79 Å². The molecule has 84 valence electrons. The van der Waals surface area contributed by atoms with Crippen molar-refractivity contribution in [1.82, 2.24) is 4.98 Å². The molecule has 1 aromatic heterocycles. The van der Waals surface area contributed by atoms with E-state index in [0.717, 1.165) is 16.9 Å². The number of aliphatic imine (C=N–C) groups is 1. The van der Waals surface area contributed by atoms with Crippen LogP contribution in [-0.4, -0.2) is 18.2 Å². The molecule has 0 N–H and O–H groups in total. The van der Waals surface area contributed by atoms with E-state index < -0.39 is 0 Å². The van der Waals surface area contributed by atoms with Crippen LogP contribution in [-0.2, 0) is 4.79 Å². The van der Waals surface area contributed by atoms with E-state index in [2.05, 4.69) is 9.98 Å². The van der Waals surface area contributed by atoms with Crippen LogP contribution in [0.5, 0.6) is 5.75 Å². The van der Waals surface area contributed by atoms with Crippen LogP contribution in [0.3, 0.4) is 0 Å². The highest BCUT2D eigenvalue weighted by atomic mass is 16.5. The molecule has 1 heterocycles. The Morgan fingerprint density at radius 2 is 2.00 bits per heavy atom. The number of hydrogen-bond acceptors (Lipinski definition) is 4. The molecule has 0 saturated carbocycles. The number of aromatic nitrogens is 1. The van der Waals surface area contributed by atoms with Gasteiger partial charge in [0.15, 0.2) is 0 Å². The van der Waals surface area contributed by atoms with Crippen molar-refractivity contribution in [2.45, 2.75) is 0 Å². The van der Waals surface area contributed by atoms with E-state index in [-0.39, 0.29) is 0 Å². The molecule has 4 heteroatoms. The maximum absolute atomic E-state index is 10.3. The van der Waals surface area contributed by atoms with E-state index in [0.29, 0.717) is 5.69 Å². The van der Waals surface area contributed by atoms with Crippen molar-refractivity contribution < 1.29 is 9.53 Å². The number of pyridine rings is 1. The second kappa shape index (κ2) is 5.05. The molecule has 0 aliphatic carbocycles. The fraction of sp³-hybridized carbons (Fsp3) is 0.0769. The fourth-order valence-electron chi connectivity index (χ4n) is 1.54. The number of isocyanates is 1. The maximum atomic E-state index is 10.3. The van der Waals surface area contributed by atoms with E-state index in [1.54, 1.807) is 19.4 Å². The zero-order chi connectivity index (χ0) is 12.1. The molecular formula is C13H10N2O2. The molecule has 0 unspecified atom stereocenters. The smallest absolute Gasteiger partial charge is 0.240 e. The van der Waals surface area contributed by atoms with Crippen LogP contribution < -0.4 is 4.74 Å². The third-order valence-electron chi connectivity index (χ3n) is 2.37. The average molecular weight is 226 g/mol. The Balaban J connectivity index is 2.48. The summed E-state index contributed by atoms with van der Waals surface area (Å²) in [5.41, 5.74) is 2.29. The van der Waals surface area contributed by atoms with Crippen LogP contribution in [0.4, 0.5) is 5.69 Å². The highest BCUT2D eigenvalue weighted by Gasteiger charge is 2.04. The Morgan fingerprint density at radius 3 is 2.65 bits per heavy atom. The first-order chi connectivity index (χ1) is 8.35. The lowest BCUT2D eigenvalue weighted by atomic mass is 10.1. The fourth-order valence-corrected chi connectivity index (χ4v) is 1.54. The molecule has 2 rings (SSSR count). The molecule has 0 radical (unpaired) electrons. The average Bonchev–Trinajstić information content (AvgIpc) is 2.40. The van der Waals surface area contributed by atoms with Crippen molar-refractivity contribution in [3.8, 4) is 16.9 Å². The summed E-state index contributed by atoms with van der Waals surface area (Å²) in [6.07, 6.45) is 4.72. The van der Waals surface area contributed by atoms with Gasteiger partial charge in [-0.05, 0) is 23.8 Å². The Bertz CT molecular complexity index is 558. The van der Waals surface area contributed by atoms with Gasteiger partial charge in [-0.15, -0.1) is 0 Å². The molecule has 4 nitrogen and oxygen atoms in total. The first-order valence-electron chi connectivity index (χ1n) is 5.01. The predicted octanol–water partition coefficient (Wildman–Crippen LogP) is 2.72. The van der Waals surface area contributed by atoms with Crippen LogP contribution in [0.1, 0.15) is 0 Å². The molecule has 0 amide bonds. The quantitative estimate of drug-likeness (QED) is 0.597. The lowest BCUT2D eigenvalue weighted by Crippen LogP contribution is -1.84. The van der Waals surface area contributed by atoms with Crippen LogP contribution in [0.2, 0.25) is 0 Å². The zero-order valence-electron chi connectivity index (χ0n) is 9.25. The summed E-state index contributed by atoms with van der Waals surface area (Å²) in [6.45, 7) is 0. The minimum Gasteiger partial charge on any atom is -0.497 e. The SMILES string of the molecule is COc1ccc(-c2ccncc2N=C=O)cc1. The molecule has 2 aromatic rings. The summed E-state index contributed by atoms with van der Waals surface area (Å²) >= 11 is 0. The van der Waals surface area contributed by atoms with Gasteiger partial charge < -0.3 is 4.74 Å². The number of ether oxygens (including phenoxy) is 1. The van der Waals surface area contributed by atoms with Crippen molar-refractivity contribution in [1.29, 1.82) is 0 Å². The van der Waals surface area contributed by atoms with Gasteiger partial charge in [0.2, 0.25) is 6.08 Å². The van der Waals surface area contributed by atoms with Gasteiger partial charge in [-0.2, -0.15) is 4.99 Å². The molecular weight excluding hydrogens is 216 g/mol. The number of nitrogens with zero attached hydrogens (tertiary/aromatic N) is 2. The number of carbonyl (C=O) groups excluding carboxylic acids is 1. The molecule has 0 spiro atoms. The molecule has 1 aromatic carbocycles. The summed E-state index contributed by atoms with van der Waals surface area (Å²) in [6, 6.07) is 9.31. The molecule has 0 aliphatic rings. The summed E-state index contributed by atoms with van der Waals surface area (Å²) in [5, 5.41) is 0. The van der Waals surface area contributed by atoms with Crippen molar-refractivity contribution in [3.63, 3.8) is 0 Å². The van der Waals surface area contributed by atoms with E-state index >= 15 is 0 Å². The van der Waals surface area contributed by atoms with Gasteiger partial charge in [-0.3, -0.25) is 4.98 Å². The standard InChI is InChI=1S/C13H10N2O2/c1-17-11-4-2-10(3-5-11)12-6-7-14-8-13(12)15-9-16/h2-8H,1H3. The Hall–Kier alpha value is -2.45. The lowest BCUT2D eigenvalue weighted by molar-refractivity contribution is 0.415. The van der Waals surface area contributed by atoms with Gasteiger partial charge in [0, 0.05) is 11.8 Å². The van der Waals surface area contributed by atoms with Crippen LogP contribution in [0, 0.1) is 0 Å². The van der Waals surface area contributed by atoms with E-state index in [4.69, 9.17) is 4.74 Å². The molecule has 0 saturated heterocycles. The first-order valence-corrected chi connectivity index (χ1v) is 5.01. The molecule has 17 heavy (non-hydrogen) atoms. The lowest BCUT2D eigenvalue weighted by Gasteiger charge is -2.05. The topological polar surface area (TPSA) is 51.6 Å². The van der Waals surface area contributed by atoms with Crippen molar-refractivity contribution in [2.75, 3.05) is 7.11 Å². The normalized spacial score (nSPS) is 9.47. The van der Waals surface area contributed by atoms with Gasteiger partial charge in [0.25, 0.3) is 0 Å². The summed E-state index contributed by atoms with van der Waals surface area (Å²) in [4.78, 5) is 17.9.